The highest BCUT2D eigenvalue weighted by Crippen LogP contribution is 2.43. The third kappa shape index (κ3) is 4.02. The first kappa shape index (κ1) is 30.4. The molecule has 0 fully saturated rings. The Balaban J connectivity index is 1.16. The number of benzene rings is 7. The molecule has 0 aliphatic rings. The number of hydrogen-bond donors (Lipinski definition) is 0. The molecule has 8 heteroatoms. The van der Waals surface area contributed by atoms with Crippen molar-refractivity contribution in [1.82, 2.24) is 33.4 Å². The maximum Gasteiger partial charge on any atom is 0.329 e. The van der Waals surface area contributed by atoms with Crippen molar-refractivity contribution < 1.29 is 4.42 Å². The van der Waals surface area contributed by atoms with Crippen molar-refractivity contribution >= 4 is 87.4 Å². The molecule has 6 aromatic heterocycles. The maximum absolute atomic E-state index is 7.00. The van der Waals surface area contributed by atoms with E-state index in [-0.39, 0.29) is 0 Å². The van der Waals surface area contributed by atoms with Gasteiger partial charge in [-0.25, -0.2) is 0 Å². The van der Waals surface area contributed by atoms with Crippen LogP contribution in [0.4, 0.5) is 0 Å². The van der Waals surface area contributed by atoms with Gasteiger partial charge in [0.25, 0.3) is 0 Å². The molecular formula is C49H29N7O. The summed E-state index contributed by atoms with van der Waals surface area (Å²) in [4.78, 5) is 5.14. The molecule has 8 nitrogen and oxygen atoms in total. The zero-order valence-electron chi connectivity index (χ0n) is 30.3. The zero-order valence-corrected chi connectivity index (χ0v) is 30.3. The Morgan fingerprint density at radius 1 is 0.316 bits per heavy atom. The van der Waals surface area contributed by atoms with E-state index in [4.69, 9.17) is 19.6 Å². The highest BCUT2D eigenvalue weighted by Gasteiger charge is 2.27. The number of nitrogens with zero attached hydrogens (tertiary/aromatic N) is 7. The molecular weight excluding hydrogens is 703 g/mol. The molecule has 6 heterocycles. The predicted octanol–water partition coefficient (Wildman–Crippen LogP) is 11.9. The molecule has 266 valence electrons. The first-order valence-corrected chi connectivity index (χ1v) is 19.1. The quantitative estimate of drug-likeness (QED) is 0.181. The van der Waals surface area contributed by atoms with Crippen LogP contribution in [0.3, 0.4) is 0 Å². The van der Waals surface area contributed by atoms with Crippen molar-refractivity contribution in [2.75, 3.05) is 0 Å². The van der Waals surface area contributed by atoms with Gasteiger partial charge in [-0.3, -0.25) is 14.1 Å². The normalized spacial score (nSPS) is 12.2. The average molecular weight is 732 g/mol. The second-order valence-corrected chi connectivity index (χ2v) is 14.5. The molecule has 0 atom stereocenters. The maximum atomic E-state index is 7.00. The minimum atomic E-state index is 0.358. The van der Waals surface area contributed by atoms with Gasteiger partial charge in [-0.1, -0.05) is 132 Å². The van der Waals surface area contributed by atoms with Crippen LogP contribution in [0.15, 0.2) is 180 Å². The summed E-state index contributed by atoms with van der Waals surface area (Å²) in [5, 5.41) is 17.5. The predicted molar refractivity (Wildman–Crippen MR) is 229 cm³/mol. The molecule has 0 radical (unpaired) electrons. The van der Waals surface area contributed by atoms with Crippen LogP contribution in [0.5, 0.6) is 0 Å². The molecule has 0 unspecified atom stereocenters. The molecule has 7 aromatic carbocycles. The van der Waals surface area contributed by atoms with Crippen LogP contribution in [-0.4, -0.2) is 33.4 Å². The monoisotopic (exact) mass is 731 g/mol. The fraction of sp³-hybridized carbons (Fsp3) is 0. The molecule has 0 aliphatic carbocycles. The van der Waals surface area contributed by atoms with Gasteiger partial charge in [-0.15, -0.1) is 0 Å². The van der Waals surface area contributed by atoms with E-state index in [1.807, 2.05) is 18.3 Å². The van der Waals surface area contributed by atoms with Crippen LogP contribution in [0.1, 0.15) is 0 Å². The summed E-state index contributed by atoms with van der Waals surface area (Å²) in [5.74, 6) is 0. The van der Waals surface area contributed by atoms with Crippen LogP contribution >= 0.6 is 0 Å². The Morgan fingerprint density at radius 2 is 0.702 bits per heavy atom. The average Bonchev–Trinajstić information content (AvgIpc) is 4.09. The lowest BCUT2D eigenvalue weighted by atomic mass is 10.1. The Morgan fingerprint density at radius 3 is 1.25 bits per heavy atom. The lowest BCUT2D eigenvalue weighted by Gasteiger charge is -2.10. The molecule has 13 rings (SSSR count). The van der Waals surface area contributed by atoms with Gasteiger partial charge >= 0.3 is 12.0 Å². The molecule has 0 saturated heterocycles. The number of aromatic nitrogens is 7. The Bertz CT molecular complexity index is 3510. The number of rotatable bonds is 4. The SMILES string of the molecule is c1ccc(-n2c3ccccc3c3ccc4c5ccccc5n(-c5nnc(-n6c7ccccc7c7ncc8c9ccccc9n(-c9ccccc9)c8c76)o5)c4c32)cc1. The number of fused-ring (bicyclic) bond motifs is 14. The molecule has 0 bridgehead atoms. The van der Waals surface area contributed by atoms with Gasteiger partial charge in [0.05, 0.1) is 44.1 Å². The Hall–Kier alpha value is -7.97. The highest BCUT2D eigenvalue weighted by atomic mass is 16.4. The summed E-state index contributed by atoms with van der Waals surface area (Å²) in [6.07, 6.45) is 2.00. The van der Waals surface area contributed by atoms with Crippen molar-refractivity contribution in [2.45, 2.75) is 0 Å². The van der Waals surface area contributed by atoms with Gasteiger partial charge in [0.15, 0.2) is 0 Å². The summed E-state index contributed by atoms with van der Waals surface area (Å²) >= 11 is 0. The van der Waals surface area contributed by atoms with Gasteiger partial charge in [0, 0.05) is 55.3 Å². The van der Waals surface area contributed by atoms with Crippen molar-refractivity contribution in [1.29, 1.82) is 0 Å². The van der Waals surface area contributed by atoms with E-state index in [9.17, 15) is 0 Å². The van der Waals surface area contributed by atoms with Gasteiger partial charge in [0.1, 0.15) is 5.52 Å². The second-order valence-electron chi connectivity index (χ2n) is 14.5. The molecule has 0 spiro atoms. The highest BCUT2D eigenvalue weighted by molar-refractivity contribution is 6.24. The Kier molecular flexibility index (Phi) is 6.01. The van der Waals surface area contributed by atoms with E-state index in [2.05, 4.69) is 176 Å². The molecule has 13 aromatic rings. The first-order chi connectivity index (χ1) is 28.3. The van der Waals surface area contributed by atoms with E-state index in [0.29, 0.717) is 12.0 Å². The van der Waals surface area contributed by atoms with Crippen LogP contribution in [0, 0.1) is 0 Å². The number of pyridine rings is 1. The van der Waals surface area contributed by atoms with Crippen LogP contribution in [-0.2, 0) is 0 Å². The summed E-state index contributed by atoms with van der Waals surface area (Å²) < 4.78 is 15.9. The summed E-state index contributed by atoms with van der Waals surface area (Å²) in [7, 11) is 0. The molecule has 0 amide bonds. The minimum absolute atomic E-state index is 0.358. The second kappa shape index (κ2) is 11.3. The molecule has 0 aliphatic heterocycles. The van der Waals surface area contributed by atoms with Gasteiger partial charge < -0.3 is 13.6 Å². The van der Waals surface area contributed by atoms with Crippen molar-refractivity contribution in [2.24, 2.45) is 0 Å². The lowest BCUT2D eigenvalue weighted by Crippen LogP contribution is -1.99. The standard InChI is InChI=1S/C49H29N7O/c1-3-15-30(16-4-1)53-39-23-11-7-19-32(39)35-27-28-36-33-20-8-13-25-41(33)55(45(36)44(35)53)48-51-52-49(57-48)56-42-26-14-10-22-37(42)43-47(56)46-38(29-50-43)34-21-9-12-24-40(34)54(46)31-17-5-2-6-18-31/h1-29H. The lowest BCUT2D eigenvalue weighted by molar-refractivity contribution is 0.515. The topological polar surface area (TPSA) is 71.5 Å². The Labute approximate surface area is 323 Å². The third-order valence-electron chi connectivity index (χ3n) is 11.6. The smallest absolute Gasteiger partial charge is 0.329 e. The van der Waals surface area contributed by atoms with E-state index < -0.39 is 0 Å². The van der Waals surface area contributed by atoms with Crippen molar-refractivity contribution in [3.05, 3.63) is 176 Å². The van der Waals surface area contributed by atoms with Crippen LogP contribution in [0.25, 0.3) is 111 Å². The van der Waals surface area contributed by atoms with Crippen molar-refractivity contribution in [3.63, 3.8) is 0 Å². The van der Waals surface area contributed by atoms with Gasteiger partial charge in [-0.05, 0) is 48.5 Å². The first-order valence-electron chi connectivity index (χ1n) is 19.1. The minimum Gasteiger partial charge on any atom is -0.388 e. The summed E-state index contributed by atoms with van der Waals surface area (Å²) in [5.41, 5.74) is 11.1. The summed E-state index contributed by atoms with van der Waals surface area (Å²) in [6, 6.07) is 60.2. The number of para-hydroxylation sites is 6. The number of hydrogen-bond acceptors (Lipinski definition) is 4. The largest absolute Gasteiger partial charge is 0.388 e. The van der Waals surface area contributed by atoms with E-state index in [1.54, 1.807) is 0 Å². The van der Waals surface area contributed by atoms with Gasteiger partial charge in [0.2, 0.25) is 0 Å². The third-order valence-corrected chi connectivity index (χ3v) is 11.6. The van der Waals surface area contributed by atoms with Crippen LogP contribution < -0.4 is 0 Å². The molecule has 57 heavy (non-hydrogen) atoms. The van der Waals surface area contributed by atoms with E-state index >= 15 is 0 Å². The molecule has 0 N–H and O–H groups in total. The fourth-order valence-corrected chi connectivity index (χ4v) is 9.31. The van der Waals surface area contributed by atoms with Crippen molar-refractivity contribution in [3.8, 4) is 23.4 Å². The van der Waals surface area contributed by atoms with E-state index in [0.717, 1.165) is 93.3 Å². The molecule has 0 saturated carbocycles. The van der Waals surface area contributed by atoms with E-state index in [1.165, 1.54) is 5.39 Å². The van der Waals surface area contributed by atoms with Crippen LogP contribution in [0.2, 0.25) is 0 Å². The summed E-state index contributed by atoms with van der Waals surface area (Å²) in [6.45, 7) is 0. The zero-order chi connectivity index (χ0) is 37.2. The fourth-order valence-electron chi connectivity index (χ4n) is 9.31. The van der Waals surface area contributed by atoms with Gasteiger partial charge in [-0.2, -0.15) is 0 Å².